The standard InChI is InChI=1S/C8H9Cl2NO/c1-2-3-12-8-7(10)4-6(9)5-11-8/h4-5H,2-3H2,1H3. The number of pyridine rings is 1. The fraction of sp³-hybridized carbons (Fsp3) is 0.375. The van der Waals surface area contributed by atoms with Gasteiger partial charge in [0.1, 0.15) is 5.02 Å². The molecule has 4 heteroatoms. The molecule has 12 heavy (non-hydrogen) atoms. The maximum atomic E-state index is 5.79. The smallest absolute Gasteiger partial charge is 0.232 e. The summed E-state index contributed by atoms with van der Waals surface area (Å²) >= 11 is 11.4. The molecule has 0 fully saturated rings. The lowest BCUT2D eigenvalue weighted by molar-refractivity contribution is 0.305. The van der Waals surface area contributed by atoms with Crippen LogP contribution >= 0.6 is 23.2 Å². The van der Waals surface area contributed by atoms with Crippen molar-refractivity contribution in [2.45, 2.75) is 13.3 Å². The van der Waals surface area contributed by atoms with Crippen molar-refractivity contribution >= 4 is 23.2 Å². The van der Waals surface area contributed by atoms with Gasteiger partial charge in [0.15, 0.2) is 0 Å². The Morgan fingerprint density at radius 1 is 1.50 bits per heavy atom. The summed E-state index contributed by atoms with van der Waals surface area (Å²) < 4.78 is 5.24. The van der Waals surface area contributed by atoms with Crippen molar-refractivity contribution in [1.82, 2.24) is 4.98 Å². The molecule has 1 heterocycles. The lowest BCUT2D eigenvalue weighted by Gasteiger charge is -2.04. The van der Waals surface area contributed by atoms with E-state index < -0.39 is 0 Å². The molecular formula is C8H9Cl2NO. The van der Waals surface area contributed by atoms with Gasteiger partial charge < -0.3 is 4.74 Å². The minimum atomic E-state index is 0.447. The number of hydrogen-bond acceptors (Lipinski definition) is 2. The minimum Gasteiger partial charge on any atom is -0.477 e. The molecule has 0 aliphatic heterocycles. The molecule has 1 aromatic heterocycles. The first-order valence-corrected chi connectivity index (χ1v) is 4.43. The van der Waals surface area contributed by atoms with Crippen molar-refractivity contribution in [3.05, 3.63) is 22.3 Å². The number of rotatable bonds is 3. The molecule has 0 saturated carbocycles. The first-order chi connectivity index (χ1) is 5.74. The summed E-state index contributed by atoms with van der Waals surface area (Å²) in [5, 5.41) is 0.972. The largest absolute Gasteiger partial charge is 0.477 e. The molecule has 0 bridgehead atoms. The van der Waals surface area contributed by atoms with E-state index in [4.69, 9.17) is 27.9 Å². The van der Waals surface area contributed by atoms with Crippen molar-refractivity contribution in [3.63, 3.8) is 0 Å². The van der Waals surface area contributed by atoms with Gasteiger partial charge in [0.25, 0.3) is 0 Å². The molecule has 0 amide bonds. The summed E-state index contributed by atoms with van der Waals surface area (Å²) in [5.41, 5.74) is 0. The Bertz CT molecular complexity index is 265. The summed E-state index contributed by atoms with van der Waals surface area (Å²) in [6, 6.07) is 1.61. The van der Waals surface area contributed by atoms with Crippen LogP contribution < -0.4 is 4.74 Å². The van der Waals surface area contributed by atoms with Gasteiger partial charge in [-0.1, -0.05) is 30.1 Å². The molecule has 0 radical (unpaired) electrons. The van der Waals surface area contributed by atoms with E-state index in [-0.39, 0.29) is 0 Å². The Morgan fingerprint density at radius 2 is 2.25 bits per heavy atom. The highest BCUT2D eigenvalue weighted by atomic mass is 35.5. The molecule has 0 unspecified atom stereocenters. The van der Waals surface area contributed by atoms with Crippen molar-refractivity contribution in [1.29, 1.82) is 0 Å². The van der Waals surface area contributed by atoms with Gasteiger partial charge in [-0.3, -0.25) is 0 Å². The predicted octanol–water partition coefficient (Wildman–Crippen LogP) is 3.18. The third-order valence-corrected chi connectivity index (χ3v) is 1.69. The zero-order chi connectivity index (χ0) is 8.97. The molecular weight excluding hydrogens is 197 g/mol. The van der Waals surface area contributed by atoms with Crippen LogP contribution in [0, 0.1) is 0 Å². The zero-order valence-electron chi connectivity index (χ0n) is 6.68. The van der Waals surface area contributed by atoms with Crippen LogP contribution in [0.15, 0.2) is 12.3 Å². The summed E-state index contributed by atoms with van der Waals surface area (Å²) in [6.45, 7) is 2.64. The summed E-state index contributed by atoms with van der Waals surface area (Å²) in [5.74, 6) is 0.447. The van der Waals surface area contributed by atoms with Crippen LogP contribution in [-0.2, 0) is 0 Å². The average Bonchev–Trinajstić information content (AvgIpc) is 2.03. The van der Waals surface area contributed by atoms with E-state index in [1.54, 1.807) is 6.07 Å². The van der Waals surface area contributed by atoms with Gasteiger partial charge in [0.2, 0.25) is 5.88 Å². The van der Waals surface area contributed by atoms with E-state index in [1.807, 2.05) is 6.92 Å². The van der Waals surface area contributed by atoms with Crippen LogP contribution in [-0.4, -0.2) is 11.6 Å². The fourth-order valence-electron chi connectivity index (χ4n) is 0.707. The number of aromatic nitrogens is 1. The van der Waals surface area contributed by atoms with E-state index in [2.05, 4.69) is 4.98 Å². The second-order valence-corrected chi connectivity index (χ2v) is 3.13. The molecule has 1 aromatic rings. The van der Waals surface area contributed by atoms with Crippen molar-refractivity contribution in [2.24, 2.45) is 0 Å². The highest BCUT2D eigenvalue weighted by Crippen LogP contribution is 2.24. The normalized spacial score (nSPS) is 9.92. The average molecular weight is 206 g/mol. The quantitative estimate of drug-likeness (QED) is 0.757. The van der Waals surface area contributed by atoms with Gasteiger partial charge in [-0.25, -0.2) is 4.98 Å². The second-order valence-electron chi connectivity index (χ2n) is 2.29. The SMILES string of the molecule is CCCOc1ncc(Cl)cc1Cl. The Labute approximate surface area is 81.5 Å². The summed E-state index contributed by atoms with van der Waals surface area (Å²) in [4.78, 5) is 3.93. The first-order valence-electron chi connectivity index (χ1n) is 3.68. The van der Waals surface area contributed by atoms with Gasteiger partial charge in [-0.2, -0.15) is 0 Å². The number of hydrogen-bond donors (Lipinski definition) is 0. The van der Waals surface area contributed by atoms with Gasteiger partial charge >= 0.3 is 0 Å². The van der Waals surface area contributed by atoms with E-state index in [0.717, 1.165) is 6.42 Å². The van der Waals surface area contributed by atoms with Gasteiger partial charge in [0, 0.05) is 6.20 Å². The van der Waals surface area contributed by atoms with Gasteiger partial charge in [-0.15, -0.1) is 0 Å². The fourth-order valence-corrected chi connectivity index (χ4v) is 1.14. The van der Waals surface area contributed by atoms with E-state index in [9.17, 15) is 0 Å². The topological polar surface area (TPSA) is 22.1 Å². The maximum absolute atomic E-state index is 5.79. The second kappa shape index (κ2) is 4.53. The Hall–Kier alpha value is -0.470. The third-order valence-electron chi connectivity index (χ3n) is 1.22. The van der Waals surface area contributed by atoms with E-state index >= 15 is 0 Å². The molecule has 66 valence electrons. The summed E-state index contributed by atoms with van der Waals surface area (Å²) in [7, 11) is 0. The molecule has 0 saturated heterocycles. The van der Waals surface area contributed by atoms with Crippen LogP contribution in [0.1, 0.15) is 13.3 Å². The zero-order valence-corrected chi connectivity index (χ0v) is 8.19. The molecule has 0 aliphatic rings. The van der Waals surface area contributed by atoms with Crippen LogP contribution in [0.2, 0.25) is 10.0 Å². The van der Waals surface area contributed by atoms with Crippen LogP contribution in [0.3, 0.4) is 0 Å². The van der Waals surface area contributed by atoms with Crippen LogP contribution in [0.5, 0.6) is 5.88 Å². The molecule has 0 spiro atoms. The van der Waals surface area contributed by atoms with Crippen LogP contribution in [0.4, 0.5) is 0 Å². The summed E-state index contributed by atoms with van der Waals surface area (Å²) in [6.07, 6.45) is 2.44. The minimum absolute atomic E-state index is 0.447. The van der Waals surface area contributed by atoms with Gasteiger partial charge in [-0.05, 0) is 12.5 Å². The highest BCUT2D eigenvalue weighted by Gasteiger charge is 2.02. The van der Waals surface area contributed by atoms with Crippen molar-refractivity contribution in [2.75, 3.05) is 6.61 Å². The predicted molar refractivity (Wildman–Crippen MR) is 50.0 cm³/mol. The maximum Gasteiger partial charge on any atom is 0.232 e. The Kier molecular flexibility index (Phi) is 3.63. The van der Waals surface area contributed by atoms with Crippen molar-refractivity contribution < 1.29 is 4.74 Å². The molecule has 0 atom stereocenters. The van der Waals surface area contributed by atoms with E-state index in [0.29, 0.717) is 22.5 Å². The number of nitrogens with zero attached hydrogens (tertiary/aromatic N) is 1. The number of ether oxygens (including phenoxy) is 1. The van der Waals surface area contributed by atoms with Crippen molar-refractivity contribution in [3.8, 4) is 5.88 Å². The molecule has 2 nitrogen and oxygen atoms in total. The molecule has 1 rings (SSSR count). The molecule has 0 aromatic carbocycles. The monoisotopic (exact) mass is 205 g/mol. The highest BCUT2D eigenvalue weighted by molar-refractivity contribution is 6.35. The Balaban J connectivity index is 2.72. The molecule has 0 aliphatic carbocycles. The van der Waals surface area contributed by atoms with E-state index in [1.165, 1.54) is 6.20 Å². The third kappa shape index (κ3) is 2.54. The van der Waals surface area contributed by atoms with Gasteiger partial charge in [0.05, 0.1) is 11.6 Å². The molecule has 0 N–H and O–H groups in total. The Morgan fingerprint density at radius 3 is 2.83 bits per heavy atom. The lowest BCUT2D eigenvalue weighted by Crippen LogP contribution is -1.97. The first kappa shape index (κ1) is 9.62. The number of halogens is 2. The van der Waals surface area contributed by atoms with Crippen LogP contribution in [0.25, 0.3) is 0 Å². The lowest BCUT2D eigenvalue weighted by atomic mass is 10.5.